The van der Waals surface area contributed by atoms with Crippen LogP contribution in [0.1, 0.15) is 0 Å². The first-order valence-corrected chi connectivity index (χ1v) is 8.85. The van der Waals surface area contributed by atoms with E-state index < -0.39 is 0 Å². The van der Waals surface area contributed by atoms with Gasteiger partial charge in [0.05, 0.1) is 16.6 Å². The summed E-state index contributed by atoms with van der Waals surface area (Å²) < 4.78 is 1.15. The van der Waals surface area contributed by atoms with Crippen LogP contribution in [0.4, 0.5) is 17.3 Å². The number of hydrogen-bond donors (Lipinski definition) is 1. The Labute approximate surface area is 165 Å². The lowest BCUT2D eigenvalue weighted by molar-refractivity contribution is 0.831. The zero-order valence-corrected chi connectivity index (χ0v) is 15.3. The molecule has 0 unspecified atom stereocenters. The molecule has 0 aliphatic heterocycles. The van der Waals surface area contributed by atoms with Gasteiger partial charge in [0.15, 0.2) is 0 Å². The number of halogens is 1. The lowest BCUT2D eigenvalue weighted by Gasteiger charge is -2.10. The van der Waals surface area contributed by atoms with E-state index in [4.69, 9.17) is 11.6 Å². The summed E-state index contributed by atoms with van der Waals surface area (Å²) in [6, 6.07) is 26.0. The summed E-state index contributed by atoms with van der Waals surface area (Å²) in [5.74, 6) is 0.272. The maximum absolute atomic E-state index is 12.9. The first kappa shape index (κ1) is 17.7. The summed E-state index contributed by atoms with van der Waals surface area (Å²) in [5, 5.41) is 8.29. The fourth-order valence-electron chi connectivity index (χ4n) is 2.59. The summed E-state index contributed by atoms with van der Waals surface area (Å²) in [6.07, 6.45) is 0. The minimum Gasteiger partial charge on any atom is -0.324 e. The maximum Gasteiger partial charge on any atom is 0.284 e. The number of nitrogens with zero attached hydrogens (tertiary/aromatic N) is 4. The van der Waals surface area contributed by atoms with Crippen molar-refractivity contribution in [1.29, 1.82) is 0 Å². The predicted molar refractivity (Wildman–Crippen MR) is 112 cm³/mol. The van der Waals surface area contributed by atoms with Crippen LogP contribution in [0, 0.1) is 0 Å². The van der Waals surface area contributed by atoms with Gasteiger partial charge in [0.1, 0.15) is 6.01 Å². The Kier molecular flexibility index (Phi) is 4.97. The molecule has 3 aromatic carbocycles. The number of rotatable bonds is 4. The average Bonchev–Trinajstić information content (AvgIpc) is 2.72. The van der Waals surface area contributed by atoms with Gasteiger partial charge in [-0.05, 0) is 48.5 Å². The van der Waals surface area contributed by atoms with Crippen molar-refractivity contribution in [3.05, 3.63) is 94.2 Å². The van der Waals surface area contributed by atoms with Crippen molar-refractivity contribution in [3.63, 3.8) is 0 Å². The normalized spacial score (nSPS) is 10.3. The van der Waals surface area contributed by atoms with Crippen LogP contribution < -0.4 is 10.9 Å². The van der Waals surface area contributed by atoms with E-state index >= 15 is 0 Å². The van der Waals surface area contributed by atoms with E-state index in [1.807, 2.05) is 36.4 Å². The second kappa shape index (κ2) is 7.88. The molecular weight excluding hydrogens is 374 g/mol. The van der Waals surface area contributed by atoms with Crippen LogP contribution in [0.3, 0.4) is 0 Å². The Balaban J connectivity index is 1.81. The van der Waals surface area contributed by atoms with Gasteiger partial charge in [0.2, 0.25) is 5.95 Å². The van der Waals surface area contributed by atoms with Gasteiger partial charge in [-0.15, -0.1) is 0 Å². The molecular formula is C21H14ClN5O. The third-order valence-electron chi connectivity index (χ3n) is 3.93. The minimum absolute atomic E-state index is 0.272. The van der Waals surface area contributed by atoms with Crippen molar-refractivity contribution in [3.8, 4) is 0 Å². The molecule has 0 aliphatic rings. The molecule has 4 aromatic rings. The van der Waals surface area contributed by atoms with E-state index in [0.717, 1.165) is 10.4 Å². The van der Waals surface area contributed by atoms with Gasteiger partial charge in [-0.25, -0.2) is 4.98 Å². The first-order valence-electron chi connectivity index (χ1n) is 8.47. The second-order valence-corrected chi connectivity index (χ2v) is 6.29. The second-order valence-electron chi connectivity index (χ2n) is 5.85. The van der Waals surface area contributed by atoms with E-state index in [1.165, 1.54) is 0 Å². The molecule has 0 saturated carbocycles. The molecule has 0 fully saturated rings. The van der Waals surface area contributed by atoms with E-state index in [1.54, 1.807) is 42.5 Å². The van der Waals surface area contributed by atoms with E-state index in [-0.39, 0.29) is 11.5 Å². The largest absolute Gasteiger partial charge is 0.324 e. The van der Waals surface area contributed by atoms with Crippen molar-refractivity contribution in [1.82, 2.24) is 9.66 Å². The fourth-order valence-corrected chi connectivity index (χ4v) is 2.71. The SMILES string of the molecule is O=c1c2ccccc2nc(Nc2ccccc2)n1N=C=Nc1ccc(Cl)cc1. The molecule has 0 amide bonds. The van der Waals surface area contributed by atoms with Gasteiger partial charge in [-0.2, -0.15) is 9.67 Å². The highest BCUT2D eigenvalue weighted by Crippen LogP contribution is 2.17. The molecule has 0 spiro atoms. The predicted octanol–water partition coefficient (Wildman–Crippen LogP) is 5.06. The Hall–Kier alpha value is -3.73. The fraction of sp³-hybridized carbons (Fsp3) is 0. The highest BCUT2D eigenvalue weighted by Gasteiger charge is 2.10. The van der Waals surface area contributed by atoms with E-state index in [0.29, 0.717) is 21.6 Å². The van der Waals surface area contributed by atoms with Crippen molar-refractivity contribution in [2.45, 2.75) is 0 Å². The van der Waals surface area contributed by atoms with Crippen LogP contribution in [-0.2, 0) is 0 Å². The molecule has 0 radical (unpaired) electrons. The monoisotopic (exact) mass is 387 g/mol. The van der Waals surface area contributed by atoms with Gasteiger partial charge >= 0.3 is 0 Å². The summed E-state index contributed by atoms with van der Waals surface area (Å²) in [6.45, 7) is 0. The molecule has 0 aliphatic carbocycles. The van der Waals surface area contributed by atoms with Gasteiger partial charge < -0.3 is 5.32 Å². The molecule has 0 atom stereocenters. The third-order valence-corrected chi connectivity index (χ3v) is 4.19. The minimum atomic E-state index is -0.317. The smallest absolute Gasteiger partial charge is 0.284 e. The standard InChI is InChI=1S/C21H14ClN5O/c22-15-10-12-16(13-11-15)23-14-24-27-20(28)18-8-4-5-9-19(18)26-21(27)25-17-6-2-1-3-7-17/h1-13H,(H,25,26). The quantitative estimate of drug-likeness (QED) is 0.497. The number of aliphatic imine (C=N–C) groups is 1. The summed E-state index contributed by atoms with van der Waals surface area (Å²) in [7, 11) is 0. The molecule has 1 N–H and O–H groups in total. The molecule has 7 heteroatoms. The Morgan fingerprint density at radius 3 is 2.43 bits per heavy atom. The van der Waals surface area contributed by atoms with Gasteiger partial charge in [0, 0.05) is 10.7 Å². The average molecular weight is 388 g/mol. The summed E-state index contributed by atoms with van der Waals surface area (Å²) in [5.41, 5.74) is 1.66. The lowest BCUT2D eigenvalue weighted by atomic mass is 10.2. The maximum atomic E-state index is 12.9. The highest BCUT2D eigenvalue weighted by molar-refractivity contribution is 6.30. The van der Waals surface area contributed by atoms with E-state index in [2.05, 4.69) is 26.4 Å². The number of para-hydroxylation sites is 2. The molecule has 1 aromatic heterocycles. The van der Waals surface area contributed by atoms with Crippen molar-refractivity contribution < 1.29 is 0 Å². The van der Waals surface area contributed by atoms with Crippen LogP contribution >= 0.6 is 11.6 Å². The Bertz CT molecular complexity index is 1240. The summed E-state index contributed by atoms with van der Waals surface area (Å²) in [4.78, 5) is 21.6. The van der Waals surface area contributed by atoms with Crippen molar-refractivity contribution >= 4 is 45.8 Å². The molecule has 1 heterocycles. The Morgan fingerprint density at radius 2 is 1.64 bits per heavy atom. The van der Waals surface area contributed by atoms with Gasteiger partial charge in [0.25, 0.3) is 5.56 Å². The molecule has 0 bridgehead atoms. The lowest BCUT2D eigenvalue weighted by Crippen LogP contribution is -2.20. The topological polar surface area (TPSA) is 71.6 Å². The zero-order valence-electron chi connectivity index (χ0n) is 14.6. The number of fused-ring (bicyclic) bond motifs is 1. The Morgan fingerprint density at radius 1 is 0.929 bits per heavy atom. The van der Waals surface area contributed by atoms with Crippen LogP contribution in [0.25, 0.3) is 10.9 Å². The molecule has 0 saturated heterocycles. The molecule has 4 rings (SSSR count). The highest BCUT2D eigenvalue weighted by atomic mass is 35.5. The zero-order chi connectivity index (χ0) is 19.3. The number of hydrogen-bond acceptors (Lipinski definition) is 5. The van der Waals surface area contributed by atoms with E-state index in [9.17, 15) is 4.79 Å². The number of benzene rings is 3. The molecule has 136 valence electrons. The number of nitrogens with one attached hydrogen (secondary N) is 1. The third kappa shape index (κ3) is 3.83. The first-order chi connectivity index (χ1) is 13.7. The van der Waals surface area contributed by atoms with Crippen LogP contribution in [-0.4, -0.2) is 15.7 Å². The number of aromatic nitrogens is 2. The van der Waals surface area contributed by atoms with Crippen LogP contribution in [0.2, 0.25) is 5.02 Å². The molecule has 28 heavy (non-hydrogen) atoms. The van der Waals surface area contributed by atoms with Gasteiger partial charge in [-0.1, -0.05) is 47.0 Å². The molecule has 6 nitrogen and oxygen atoms in total. The van der Waals surface area contributed by atoms with Gasteiger partial charge in [-0.3, -0.25) is 4.79 Å². The van der Waals surface area contributed by atoms with Crippen LogP contribution in [0.15, 0.2) is 93.8 Å². The van der Waals surface area contributed by atoms with Crippen LogP contribution in [0.5, 0.6) is 0 Å². The van der Waals surface area contributed by atoms with Crippen molar-refractivity contribution in [2.75, 3.05) is 5.32 Å². The summed E-state index contributed by atoms with van der Waals surface area (Å²) >= 11 is 5.87. The van der Waals surface area contributed by atoms with Crippen molar-refractivity contribution in [2.24, 2.45) is 10.1 Å². The number of anilines is 2.